The third kappa shape index (κ3) is 78.0. The van der Waals surface area contributed by atoms with Gasteiger partial charge in [0.15, 0.2) is 19.7 Å². The maximum Gasteiger partial charge on any atom is 0.222 e. The van der Waals surface area contributed by atoms with Crippen LogP contribution in [-0.2, 0) is 43.6 Å². The molecule has 486 valence electrons. The van der Waals surface area contributed by atoms with Crippen LogP contribution >= 0.6 is 0 Å². The molecule has 0 saturated carbocycles. The van der Waals surface area contributed by atoms with E-state index in [-0.39, 0.29) is 34.2 Å². The number of Topliss-reactive ketones (excluding diaryl/α,β-unsaturated/α-hetero) is 4. The molecule has 0 aliphatic heterocycles. The Labute approximate surface area is 501 Å². The molecule has 0 spiro atoms. The lowest BCUT2D eigenvalue weighted by Crippen LogP contribution is -2.29. The number of hydrogen-bond acceptors (Lipinski definition) is 11. The van der Waals surface area contributed by atoms with Crippen molar-refractivity contribution in [2.45, 2.75) is 280 Å². The first-order chi connectivity index (χ1) is 36.4. The number of nitrogens with zero attached hydrogens (tertiary/aromatic N) is 3. The number of amides is 1. The van der Waals surface area contributed by atoms with Gasteiger partial charge in [-0.2, -0.15) is 0 Å². The largest absolute Gasteiger partial charge is 0.346 e. The average molecular weight is 1180 g/mol. The van der Waals surface area contributed by atoms with Gasteiger partial charge in [0, 0.05) is 83.5 Å². The normalized spacial score (nSPS) is 12.3. The fourth-order valence-electron chi connectivity index (χ4n) is 7.31. The second-order valence-corrected chi connectivity index (χ2v) is 31.1. The summed E-state index contributed by atoms with van der Waals surface area (Å²) in [5, 5.41) is -0.387. The third-order valence-electron chi connectivity index (χ3n) is 11.8. The number of sulfone groups is 2. The summed E-state index contributed by atoms with van der Waals surface area (Å²) in [7, 11) is 4.48. The van der Waals surface area contributed by atoms with Crippen LogP contribution in [0, 0.1) is 53.3 Å². The molecular weight excluding hydrogens is 1040 g/mol. The summed E-state index contributed by atoms with van der Waals surface area (Å²) in [5.41, 5.74) is 0. The minimum absolute atomic E-state index is 0.176. The van der Waals surface area contributed by atoms with Crippen molar-refractivity contribution in [1.29, 1.82) is 0 Å². The molecule has 3 atom stereocenters. The third-order valence-corrected chi connectivity index (χ3v) is 16.9. The van der Waals surface area contributed by atoms with Crippen LogP contribution in [0.1, 0.15) is 269 Å². The summed E-state index contributed by atoms with van der Waals surface area (Å²) >= 11 is 0. The van der Waals surface area contributed by atoms with Crippen molar-refractivity contribution in [2.24, 2.45) is 53.3 Å². The second kappa shape index (κ2) is 58.7. The molecule has 0 fully saturated rings. The molecule has 0 aromatic heterocycles. The van der Waals surface area contributed by atoms with E-state index in [1.54, 1.807) is 20.8 Å². The molecule has 0 aliphatic carbocycles. The molecule has 0 radical (unpaired) electrons. The van der Waals surface area contributed by atoms with Gasteiger partial charge in [-0.05, 0) is 129 Å². The zero-order valence-corrected chi connectivity index (χ0v) is 60.5. The molecule has 0 heterocycles. The fraction of sp³-hybridized carbons (Fsp3) is 0.924. The zero-order chi connectivity index (χ0) is 65.1. The highest BCUT2D eigenvalue weighted by Crippen LogP contribution is 2.12. The highest BCUT2D eigenvalue weighted by Gasteiger charge is 2.20. The number of hydrogen-bond donors (Lipinski definition) is 0. The molecule has 0 saturated heterocycles. The van der Waals surface area contributed by atoms with E-state index in [0.717, 1.165) is 103 Å². The van der Waals surface area contributed by atoms with E-state index in [0.29, 0.717) is 70.6 Å². The number of carbonyl (C=O) groups excluding carboxylic acids is 5. The summed E-state index contributed by atoms with van der Waals surface area (Å²) < 4.78 is 44.6. The molecule has 12 nitrogen and oxygen atoms in total. The first-order valence-electron chi connectivity index (χ1n) is 31.5. The average Bonchev–Trinajstić information content (AvgIpc) is 3.28. The standard InChI is InChI=1S/C11H23NO.C10H21NO.C9H19NO.C9H18O.C8H18O2S.C7H14O.C6H14O2S.C6H14/c1-9(2)6-11(13)7-10(3)8-12(4)5;1-8(2)10(12)6-9(3)7-11(4)5;1-5-6-9(11)10(4)7-8(2)3;1-4-5-9(10)7-6-8(2)3;1-5-8(4)11(9,10)6-7(2)3;1-4-5-7(8)6(2)3;1-4-5-9(7,8)6(2)3;1-4-5-6(2)3/h9-10H,6-8H2,1-5H3;8-9H,6-7H2,1-5H3;8H,5-7H2,1-4H3;8H,4-7H2,1-3H3;7-8H,5-6H2,1-4H3;6H,4-5H2,1-3H3;6H,4-5H2,1-3H3;6H,4-5H2,1-3H3. The Kier molecular flexibility index (Phi) is 69.3. The summed E-state index contributed by atoms with van der Waals surface area (Å²) in [6.07, 6.45) is 13.3. The fourth-order valence-corrected chi connectivity index (χ4v) is 10.1. The molecule has 0 aromatic carbocycles. The van der Waals surface area contributed by atoms with Crippen LogP contribution < -0.4 is 0 Å². The lowest BCUT2D eigenvalue weighted by Gasteiger charge is -2.18. The highest BCUT2D eigenvalue weighted by atomic mass is 32.2. The van der Waals surface area contributed by atoms with Crippen LogP contribution in [0.15, 0.2) is 0 Å². The van der Waals surface area contributed by atoms with Gasteiger partial charge in [0.05, 0.1) is 22.0 Å². The van der Waals surface area contributed by atoms with E-state index < -0.39 is 19.7 Å². The van der Waals surface area contributed by atoms with Crippen LogP contribution in [-0.4, -0.2) is 137 Å². The van der Waals surface area contributed by atoms with Crippen molar-refractivity contribution in [3.05, 3.63) is 0 Å². The monoisotopic (exact) mass is 1180 g/mol. The van der Waals surface area contributed by atoms with Crippen LogP contribution in [0.3, 0.4) is 0 Å². The quantitative estimate of drug-likeness (QED) is 0.0630. The Morgan fingerprint density at radius 1 is 0.388 bits per heavy atom. The van der Waals surface area contributed by atoms with Crippen LogP contribution in [0.2, 0.25) is 0 Å². The van der Waals surface area contributed by atoms with Crippen LogP contribution in [0.4, 0.5) is 0 Å². The summed E-state index contributed by atoms with van der Waals surface area (Å²) in [6, 6.07) is 0. The van der Waals surface area contributed by atoms with Gasteiger partial charge in [-0.1, -0.05) is 165 Å². The molecule has 3 unspecified atom stereocenters. The van der Waals surface area contributed by atoms with Crippen molar-refractivity contribution < 1.29 is 40.8 Å². The SMILES string of the molecule is CC(C)CC(=O)CC(C)CN(C)C.CC(CC(=O)C(C)C)CN(C)C.CCC(C)S(=O)(=O)CC(C)C.CCCC(=O)C(C)C.CCCC(=O)CCC(C)C.CCCC(=O)N(C)CC(C)C.CCCC(C)C.CCCS(=O)(=O)C(C)C. The van der Waals surface area contributed by atoms with E-state index in [1.807, 2.05) is 116 Å². The van der Waals surface area contributed by atoms with E-state index in [2.05, 4.69) is 86.0 Å². The van der Waals surface area contributed by atoms with Gasteiger partial charge in [0.25, 0.3) is 0 Å². The summed E-state index contributed by atoms with van der Waals surface area (Å²) in [5.74, 6) is 6.77. The van der Waals surface area contributed by atoms with Gasteiger partial charge in [-0.15, -0.1) is 0 Å². The first-order valence-corrected chi connectivity index (χ1v) is 34.9. The minimum Gasteiger partial charge on any atom is -0.346 e. The molecule has 0 rings (SSSR count). The van der Waals surface area contributed by atoms with Crippen molar-refractivity contribution in [1.82, 2.24) is 14.7 Å². The molecular formula is C66H141N3O9S2. The summed E-state index contributed by atoms with van der Waals surface area (Å²) in [6.45, 7) is 53.4. The first kappa shape index (κ1) is 94.4. The Morgan fingerprint density at radius 2 is 0.812 bits per heavy atom. The van der Waals surface area contributed by atoms with Gasteiger partial charge >= 0.3 is 0 Å². The van der Waals surface area contributed by atoms with Crippen molar-refractivity contribution in [2.75, 3.05) is 66.4 Å². The number of carbonyl (C=O) groups is 5. The topological polar surface area (TPSA) is 163 Å². The minimum atomic E-state index is -2.81. The van der Waals surface area contributed by atoms with Gasteiger partial charge < -0.3 is 14.7 Å². The van der Waals surface area contributed by atoms with E-state index in [9.17, 15) is 40.8 Å². The highest BCUT2D eigenvalue weighted by molar-refractivity contribution is 7.92. The molecule has 0 N–H and O–H groups in total. The smallest absolute Gasteiger partial charge is 0.222 e. The number of rotatable bonds is 32. The van der Waals surface area contributed by atoms with Gasteiger partial charge in [0.1, 0.15) is 23.1 Å². The summed E-state index contributed by atoms with van der Waals surface area (Å²) in [4.78, 5) is 61.7. The molecule has 14 heteroatoms. The molecule has 0 aromatic rings. The Balaban J connectivity index is -0.000000124. The maximum atomic E-state index is 11.4. The van der Waals surface area contributed by atoms with Crippen LogP contribution in [0.25, 0.3) is 0 Å². The Morgan fingerprint density at radius 3 is 1.07 bits per heavy atom. The molecule has 0 aliphatic rings. The zero-order valence-electron chi connectivity index (χ0n) is 58.8. The molecule has 80 heavy (non-hydrogen) atoms. The van der Waals surface area contributed by atoms with Gasteiger partial charge in [-0.25, -0.2) is 16.8 Å². The number of ketones is 4. The second-order valence-electron chi connectivity index (χ2n) is 26.0. The van der Waals surface area contributed by atoms with Crippen molar-refractivity contribution in [3.8, 4) is 0 Å². The maximum absolute atomic E-state index is 11.4. The van der Waals surface area contributed by atoms with E-state index in [1.165, 1.54) is 12.8 Å². The lowest BCUT2D eigenvalue weighted by atomic mass is 9.98. The lowest BCUT2D eigenvalue weighted by molar-refractivity contribution is -0.130. The van der Waals surface area contributed by atoms with E-state index >= 15 is 0 Å². The Bertz CT molecular complexity index is 1670. The predicted molar refractivity (Wildman–Crippen MR) is 352 cm³/mol. The van der Waals surface area contributed by atoms with Gasteiger partial charge in [0.2, 0.25) is 5.91 Å². The predicted octanol–water partition coefficient (Wildman–Crippen LogP) is 16.2. The van der Waals surface area contributed by atoms with Crippen LogP contribution in [0.5, 0.6) is 0 Å². The van der Waals surface area contributed by atoms with Crippen molar-refractivity contribution in [3.63, 3.8) is 0 Å². The Hall–Kier alpha value is -2.03. The van der Waals surface area contributed by atoms with Gasteiger partial charge in [-0.3, -0.25) is 24.0 Å². The van der Waals surface area contributed by atoms with Crippen molar-refractivity contribution >= 4 is 48.7 Å². The molecule has 1 amide bonds. The molecule has 0 bridgehead atoms. The van der Waals surface area contributed by atoms with E-state index in [4.69, 9.17) is 0 Å².